The number of halogens is 3. The summed E-state index contributed by atoms with van der Waals surface area (Å²) in [4.78, 5) is 0. The molecule has 0 heterocycles. The average Bonchev–Trinajstić information content (AvgIpc) is 2.13. The smallest absolute Gasteiger partial charge is 0.330 e. The Morgan fingerprint density at radius 3 is 1.88 bits per heavy atom. The summed E-state index contributed by atoms with van der Waals surface area (Å²) in [7, 11) is 6.03. The lowest BCUT2D eigenvalue weighted by Crippen LogP contribution is -2.46. The van der Waals surface area contributed by atoms with E-state index in [1.807, 2.05) is 23.5 Å². The molecular formula is C9H13B3F3N. The van der Waals surface area contributed by atoms with Crippen LogP contribution in [0, 0.1) is 0 Å². The van der Waals surface area contributed by atoms with Gasteiger partial charge in [-0.25, -0.2) is 0 Å². The standard InChI is InChI=1S/C9H13B3F3N/c10-9(11,12)16-5-6-1-3-7(4-2-6)8(13,14)15/h1-4,16H,5,10-12H2. The van der Waals surface area contributed by atoms with Gasteiger partial charge in [-0.2, -0.15) is 13.2 Å². The molecule has 0 aromatic heterocycles. The van der Waals surface area contributed by atoms with Crippen LogP contribution in [0.4, 0.5) is 13.2 Å². The van der Waals surface area contributed by atoms with Crippen molar-refractivity contribution in [3.63, 3.8) is 0 Å². The van der Waals surface area contributed by atoms with Crippen molar-refractivity contribution in [2.24, 2.45) is 0 Å². The first-order valence-corrected chi connectivity index (χ1v) is 5.10. The largest absolute Gasteiger partial charge is 0.416 e. The molecule has 1 nitrogen and oxygen atoms in total. The zero-order chi connectivity index (χ0) is 12.4. The molecule has 0 aliphatic rings. The normalized spacial score (nSPS) is 12.7. The molecule has 0 unspecified atom stereocenters. The summed E-state index contributed by atoms with van der Waals surface area (Å²) in [6.07, 6.45) is -4.25. The van der Waals surface area contributed by atoms with E-state index in [0.29, 0.717) is 6.54 Å². The molecule has 1 rings (SSSR count). The van der Waals surface area contributed by atoms with Gasteiger partial charge in [0.1, 0.15) is 23.5 Å². The molecule has 1 aromatic rings. The quantitative estimate of drug-likeness (QED) is 0.670. The van der Waals surface area contributed by atoms with E-state index in [0.717, 1.165) is 17.7 Å². The number of alkyl halides is 3. The Morgan fingerprint density at radius 1 is 1.00 bits per heavy atom. The van der Waals surface area contributed by atoms with Crippen LogP contribution < -0.4 is 5.32 Å². The molecule has 1 aromatic carbocycles. The first kappa shape index (κ1) is 13.2. The van der Waals surface area contributed by atoms with Gasteiger partial charge in [0.05, 0.1) is 5.56 Å². The highest BCUT2D eigenvalue weighted by Crippen LogP contribution is 2.28. The molecule has 0 bridgehead atoms. The molecular weight excluding hydrogens is 212 g/mol. The number of hydrogen-bond donors (Lipinski definition) is 1. The molecule has 0 fully saturated rings. The van der Waals surface area contributed by atoms with E-state index >= 15 is 0 Å². The van der Waals surface area contributed by atoms with E-state index < -0.39 is 11.7 Å². The van der Waals surface area contributed by atoms with Gasteiger partial charge in [-0.05, 0) is 17.7 Å². The maximum Gasteiger partial charge on any atom is 0.416 e. The van der Waals surface area contributed by atoms with Crippen LogP contribution in [0.2, 0.25) is 0 Å². The predicted molar refractivity (Wildman–Crippen MR) is 66.6 cm³/mol. The second-order valence-electron chi connectivity index (χ2n) is 4.80. The fraction of sp³-hybridized carbons (Fsp3) is 0.333. The van der Waals surface area contributed by atoms with Gasteiger partial charge in [0, 0.05) is 6.54 Å². The summed E-state index contributed by atoms with van der Waals surface area (Å²) in [5.41, 5.74) is 0.245. The van der Waals surface area contributed by atoms with E-state index in [4.69, 9.17) is 0 Å². The van der Waals surface area contributed by atoms with Crippen LogP contribution in [0.3, 0.4) is 0 Å². The molecule has 0 spiro atoms. The third kappa shape index (κ3) is 4.35. The SMILES string of the molecule is BC(B)(B)NCc1ccc(C(F)(F)F)cc1. The fourth-order valence-corrected chi connectivity index (χ4v) is 1.18. The number of hydrogen-bond acceptors (Lipinski definition) is 1. The Labute approximate surface area is 96.0 Å². The van der Waals surface area contributed by atoms with E-state index in [2.05, 4.69) is 5.32 Å². The van der Waals surface area contributed by atoms with E-state index in [1.165, 1.54) is 12.1 Å². The van der Waals surface area contributed by atoms with Crippen molar-refractivity contribution in [3.05, 3.63) is 35.4 Å². The molecule has 0 saturated carbocycles. The molecule has 16 heavy (non-hydrogen) atoms. The van der Waals surface area contributed by atoms with Crippen LogP contribution in [-0.2, 0) is 12.7 Å². The van der Waals surface area contributed by atoms with Crippen LogP contribution in [0.1, 0.15) is 11.1 Å². The van der Waals surface area contributed by atoms with Crippen molar-refractivity contribution in [2.45, 2.75) is 18.0 Å². The first-order chi connectivity index (χ1) is 7.18. The van der Waals surface area contributed by atoms with Gasteiger partial charge in [0.2, 0.25) is 0 Å². The minimum Gasteiger partial charge on any atom is -0.330 e. The molecule has 0 saturated heterocycles. The molecule has 0 amide bonds. The van der Waals surface area contributed by atoms with Gasteiger partial charge < -0.3 is 5.32 Å². The Balaban J connectivity index is 2.66. The maximum atomic E-state index is 12.3. The van der Waals surface area contributed by atoms with Crippen molar-refractivity contribution in [1.29, 1.82) is 0 Å². The fourth-order valence-electron chi connectivity index (χ4n) is 1.18. The van der Waals surface area contributed by atoms with Gasteiger partial charge in [-0.1, -0.05) is 17.4 Å². The van der Waals surface area contributed by atoms with E-state index in [1.54, 1.807) is 0 Å². The van der Waals surface area contributed by atoms with E-state index in [-0.39, 0.29) is 5.24 Å². The summed E-state index contributed by atoms with van der Waals surface area (Å²) >= 11 is 0. The highest BCUT2D eigenvalue weighted by Gasteiger charge is 2.29. The summed E-state index contributed by atoms with van der Waals surface area (Å²) in [5.74, 6) is 0. The molecule has 0 aliphatic carbocycles. The van der Waals surface area contributed by atoms with E-state index in [9.17, 15) is 13.2 Å². The van der Waals surface area contributed by atoms with Gasteiger partial charge in [-0.3, -0.25) is 0 Å². The molecule has 0 atom stereocenters. The van der Waals surface area contributed by atoms with Gasteiger partial charge in [0.15, 0.2) is 0 Å². The molecule has 84 valence electrons. The predicted octanol–water partition coefficient (Wildman–Crippen LogP) is -0.694. The third-order valence-corrected chi connectivity index (χ3v) is 2.10. The number of benzene rings is 1. The lowest BCUT2D eigenvalue weighted by atomic mass is 9.49. The second kappa shape index (κ2) is 4.57. The van der Waals surface area contributed by atoms with Crippen molar-refractivity contribution < 1.29 is 13.2 Å². The lowest BCUT2D eigenvalue weighted by Gasteiger charge is -2.20. The van der Waals surface area contributed by atoms with Crippen molar-refractivity contribution in [1.82, 2.24) is 5.32 Å². The maximum absolute atomic E-state index is 12.3. The second-order valence-corrected chi connectivity index (χ2v) is 4.80. The first-order valence-electron chi connectivity index (χ1n) is 5.10. The van der Waals surface area contributed by atoms with Crippen LogP contribution >= 0.6 is 0 Å². The minimum atomic E-state index is -4.25. The lowest BCUT2D eigenvalue weighted by molar-refractivity contribution is -0.137. The minimum absolute atomic E-state index is 0.0390. The molecule has 1 N–H and O–H groups in total. The molecule has 0 radical (unpaired) electrons. The highest BCUT2D eigenvalue weighted by atomic mass is 19.4. The number of rotatable bonds is 3. The van der Waals surface area contributed by atoms with Crippen LogP contribution in [0.5, 0.6) is 0 Å². The Bertz CT molecular complexity index is 343. The van der Waals surface area contributed by atoms with Crippen molar-refractivity contribution in [2.75, 3.05) is 0 Å². The molecule has 7 heteroatoms. The zero-order valence-corrected chi connectivity index (χ0v) is 9.65. The van der Waals surface area contributed by atoms with Crippen LogP contribution in [-0.4, -0.2) is 28.8 Å². The van der Waals surface area contributed by atoms with Gasteiger partial charge >= 0.3 is 6.18 Å². The third-order valence-electron chi connectivity index (χ3n) is 2.10. The monoisotopic (exact) mass is 225 g/mol. The van der Waals surface area contributed by atoms with Crippen molar-refractivity contribution >= 4 is 23.5 Å². The number of nitrogens with one attached hydrogen (secondary N) is 1. The average molecular weight is 225 g/mol. The van der Waals surface area contributed by atoms with Crippen molar-refractivity contribution in [3.8, 4) is 0 Å². The summed E-state index contributed by atoms with van der Waals surface area (Å²) in [5, 5.41) is 3.18. The summed E-state index contributed by atoms with van der Waals surface area (Å²) < 4.78 is 36.8. The Kier molecular flexibility index (Phi) is 3.78. The molecule has 0 aliphatic heterocycles. The van der Waals surface area contributed by atoms with Crippen LogP contribution in [0.25, 0.3) is 0 Å². The topological polar surface area (TPSA) is 12.0 Å². The zero-order valence-electron chi connectivity index (χ0n) is 9.65. The van der Waals surface area contributed by atoms with Gasteiger partial charge in [0.25, 0.3) is 0 Å². The van der Waals surface area contributed by atoms with Gasteiger partial charge in [-0.15, -0.1) is 0 Å². The highest BCUT2D eigenvalue weighted by molar-refractivity contribution is 6.59. The Hall–Kier alpha value is -0.835. The Morgan fingerprint density at radius 2 is 1.50 bits per heavy atom. The summed E-state index contributed by atoms with van der Waals surface area (Å²) in [6, 6.07) is 5.22. The van der Waals surface area contributed by atoms with Crippen LogP contribution in [0.15, 0.2) is 24.3 Å². The summed E-state index contributed by atoms with van der Waals surface area (Å²) in [6.45, 7) is 0.571.